The van der Waals surface area contributed by atoms with Crippen LogP contribution < -0.4 is 0 Å². The standard InChI is InChI=1S/C55H90O9/c1-3-5-7-9-11-13-15-17-19-20-21-22-23-24-25-26-27-28-29-31-33-35-37-39-41-43-45-61-47-49(48-62-55-54(60)53(59)52(58)50(46-56)64-55)63-51(57)44-42-40-38-36-34-32-30-18-16-14-12-10-8-6-4-2/h5-8,11-14,17-19,21-22,30,34,36,40,42,49-50,52-56,58-60H,3-4,9-10,15-16,20,23-29,31-33,35,37-39,41,43-48H2,1-2H3/b7-5-,8-6-,13-11-,14-12-,19-17-,22-21-,30-18-,36-34-,42-40-. The molecule has 0 aromatic carbocycles. The number of esters is 1. The molecule has 6 unspecified atom stereocenters. The summed E-state index contributed by atoms with van der Waals surface area (Å²) in [5, 5.41) is 40.2. The molecule has 0 bridgehead atoms. The van der Waals surface area contributed by atoms with Crippen LogP contribution in [0.1, 0.15) is 168 Å². The minimum absolute atomic E-state index is 0.0812. The number of aliphatic hydroxyl groups is 4. The fourth-order valence-electron chi connectivity index (χ4n) is 6.91. The molecule has 64 heavy (non-hydrogen) atoms. The zero-order valence-corrected chi connectivity index (χ0v) is 40.0. The van der Waals surface area contributed by atoms with Crippen LogP contribution in [0.25, 0.3) is 0 Å². The molecule has 1 fully saturated rings. The molecule has 1 aliphatic heterocycles. The summed E-state index contributed by atoms with van der Waals surface area (Å²) in [6.45, 7) is 4.19. The molecule has 6 atom stereocenters. The fourth-order valence-corrected chi connectivity index (χ4v) is 6.91. The van der Waals surface area contributed by atoms with Gasteiger partial charge in [-0.05, 0) is 77.0 Å². The highest BCUT2D eigenvalue weighted by Gasteiger charge is 2.44. The van der Waals surface area contributed by atoms with Gasteiger partial charge in [-0.1, -0.05) is 194 Å². The summed E-state index contributed by atoms with van der Waals surface area (Å²) in [5.74, 6) is -0.444. The number of hydrogen-bond acceptors (Lipinski definition) is 9. The average Bonchev–Trinajstić information content (AvgIpc) is 3.30. The van der Waals surface area contributed by atoms with Gasteiger partial charge in [0, 0.05) is 6.61 Å². The number of carbonyl (C=O) groups excluding carboxylic acids is 1. The highest BCUT2D eigenvalue weighted by atomic mass is 16.7. The lowest BCUT2D eigenvalue weighted by molar-refractivity contribution is -0.305. The Morgan fingerprint density at radius 1 is 0.500 bits per heavy atom. The second-order valence-electron chi connectivity index (χ2n) is 16.5. The average molecular weight is 895 g/mol. The number of hydrogen-bond donors (Lipinski definition) is 4. The SMILES string of the molecule is CC/C=C\C/C=C\C/C=C\C/C=C\C/C=C\CC(=O)OC(COCCCCCCCCCCCCCCC/C=C\C/C=C\C/C=C\C/C=C\CC)COC1OC(CO)C(O)C(O)C1O. The summed E-state index contributed by atoms with van der Waals surface area (Å²) in [5.41, 5.74) is 0. The van der Waals surface area contributed by atoms with Crippen molar-refractivity contribution in [3.05, 3.63) is 109 Å². The Kier molecular flexibility index (Phi) is 41.4. The van der Waals surface area contributed by atoms with Crippen molar-refractivity contribution in [3.8, 4) is 0 Å². The Morgan fingerprint density at radius 3 is 1.36 bits per heavy atom. The lowest BCUT2D eigenvalue weighted by Gasteiger charge is -2.39. The Bertz CT molecular complexity index is 1340. The van der Waals surface area contributed by atoms with Gasteiger partial charge in [0.25, 0.3) is 0 Å². The molecule has 9 nitrogen and oxygen atoms in total. The van der Waals surface area contributed by atoms with Crippen molar-refractivity contribution in [1.29, 1.82) is 0 Å². The van der Waals surface area contributed by atoms with Crippen molar-refractivity contribution in [3.63, 3.8) is 0 Å². The lowest BCUT2D eigenvalue weighted by Crippen LogP contribution is -2.59. The topological polar surface area (TPSA) is 135 Å². The van der Waals surface area contributed by atoms with E-state index >= 15 is 0 Å². The number of aliphatic hydroxyl groups excluding tert-OH is 4. The van der Waals surface area contributed by atoms with Crippen molar-refractivity contribution in [2.75, 3.05) is 26.4 Å². The van der Waals surface area contributed by atoms with Crippen LogP contribution in [0.3, 0.4) is 0 Å². The molecule has 364 valence electrons. The summed E-state index contributed by atoms with van der Waals surface area (Å²) in [6.07, 6.45) is 57.3. The van der Waals surface area contributed by atoms with Crippen LogP contribution in [-0.2, 0) is 23.7 Å². The van der Waals surface area contributed by atoms with E-state index in [2.05, 4.69) is 111 Å². The Hall–Kier alpha value is -3.15. The number of unbranched alkanes of at least 4 members (excludes halogenated alkanes) is 13. The molecule has 1 heterocycles. The van der Waals surface area contributed by atoms with Crippen LogP contribution >= 0.6 is 0 Å². The number of ether oxygens (including phenoxy) is 4. The van der Waals surface area contributed by atoms with Crippen molar-refractivity contribution < 1.29 is 44.2 Å². The van der Waals surface area contributed by atoms with Gasteiger partial charge >= 0.3 is 5.97 Å². The molecule has 9 heteroatoms. The van der Waals surface area contributed by atoms with Gasteiger partial charge in [-0.15, -0.1) is 0 Å². The molecule has 1 saturated heterocycles. The Balaban J connectivity index is 2.22. The van der Waals surface area contributed by atoms with Crippen molar-refractivity contribution >= 4 is 5.97 Å². The summed E-state index contributed by atoms with van der Waals surface area (Å²) < 4.78 is 22.7. The number of rotatable bonds is 41. The largest absolute Gasteiger partial charge is 0.457 e. The first-order valence-corrected chi connectivity index (χ1v) is 25.0. The zero-order chi connectivity index (χ0) is 46.4. The highest BCUT2D eigenvalue weighted by Crippen LogP contribution is 2.22. The van der Waals surface area contributed by atoms with E-state index in [1.54, 1.807) is 6.08 Å². The molecular formula is C55H90O9. The molecule has 0 aliphatic carbocycles. The molecule has 0 aromatic heterocycles. The van der Waals surface area contributed by atoms with E-state index in [0.717, 1.165) is 70.6 Å². The van der Waals surface area contributed by atoms with E-state index < -0.39 is 49.4 Å². The van der Waals surface area contributed by atoms with Crippen molar-refractivity contribution in [2.24, 2.45) is 0 Å². The Labute approximate surface area is 389 Å². The van der Waals surface area contributed by atoms with E-state index in [4.69, 9.17) is 18.9 Å². The molecule has 0 spiro atoms. The van der Waals surface area contributed by atoms with Crippen molar-refractivity contribution in [1.82, 2.24) is 0 Å². The van der Waals surface area contributed by atoms with Crippen LogP contribution in [-0.4, -0.2) is 89.6 Å². The number of carbonyl (C=O) groups is 1. The predicted molar refractivity (Wildman–Crippen MR) is 265 cm³/mol. The van der Waals surface area contributed by atoms with Gasteiger partial charge < -0.3 is 39.4 Å². The quantitative estimate of drug-likeness (QED) is 0.0269. The second kappa shape index (κ2) is 45.0. The van der Waals surface area contributed by atoms with Gasteiger partial charge in [0.2, 0.25) is 0 Å². The Morgan fingerprint density at radius 2 is 0.906 bits per heavy atom. The van der Waals surface area contributed by atoms with Crippen LogP contribution in [0.15, 0.2) is 109 Å². The molecular weight excluding hydrogens is 805 g/mol. The maximum Gasteiger partial charge on any atom is 0.310 e. The molecule has 1 aliphatic rings. The molecule has 4 N–H and O–H groups in total. The van der Waals surface area contributed by atoms with Gasteiger partial charge in [-0.25, -0.2) is 0 Å². The molecule has 0 amide bonds. The molecule has 1 rings (SSSR count). The second-order valence-corrected chi connectivity index (χ2v) is 16.5. The zero-order valence-electron chi connectivity index (χ0n) is 40.0. The van der Waals surface area contributed by atoms with E-state index in [-0.39, 0.29) is 19.6 Å². The van der Waals surface area contributed by atoms with E-state index in [0.29, 0.717) is 13.0 Å². The van der Waals surface area contributed by atoms with Crippen molar-refractivity contribution in [2.45, 2.75) is 205 Å². The van der Waals surface area contributed by atoms with Crippen LogP contribution in [0, 0.1) is 0 Å². The minimum atomic E-state index is -1.56. The van der Waals surface area contributed by atoms with Gasteiger partial charge in [0.1, 0.15) is 30.5 Å². The molecule has 0 aromatic rings. The minimum Gasteiger partial charge on any atom is -0.457 e. The van der Waals surface area contributed by atoms with Gasteiger partial charge in [0.05, 0.1) is 26.2 Å². The molecule has 0 saturated carbocycles. The maximum atomic E-state index is 12.7. The maximum absolute atomic E-state index is 12.7. The summed E-state index contributed by atoms with van der Waals surface area (Å²) in [4.78, 5) is 12.7. The smallest absolute Gasteiger partial charge is 0.310 e. The summed E-state index contributed by atoms with van der Waals surface area (Å²) in [6, 6.07) is 0. The summed E-state index contributed by atoms with van der Waals surface area (Å²) >= 11 is 0. The van der Waals surface area contributed by atoms with Crippen LogP contribution in [0.4, 0.5) is 0 Å². The third-order valence-electron chi connectivity index (χ3n) is 10.7. The molecule has 0 radical (unpaired) electrons. The normalized spacial score (nSPS) is 20.5. The third-order valence-corrected chi connectivity index (χ3v) is 10.7. The number of allylic oxidation sites excluding steroid dienone is 17. The summed E-state index contributed by atoms with van der Waals surface area (Å²) in [7, 11) is 0. The van der Waals surface area contributed by atoms with E-state index in [1.165, 1.54) is 70.6 Å². The van der Waals surface area contributed by atoms with E-state index in [9.17, 15) is 25.2 Å². The van der Waals surface area contributed by atoms with Gasteiger partial charge in [0.15, 0.2) is 6.29 Å². The van der Waals surface area contributed by atoms with Gasteiger partial charge in [-0.3, -0.25) is 4.79 Å². The lowest BCUT2D eigenvalue weighted by atomic mass is 9.99. The fraction of sp³-hybridized carbons (Fsp3) is 0.655. The highest BCUT2D eigenvalue weighted by molar-refractivity contribution is 5.71. The third kappa shape index (κ3) is 35.2. The first kappa shape index (κ1) is 58.9. The van der Waals surface area contributed by atoms with Gasteiger partial charge in [-0.2, -0.15) is 0 Å². The van der Waals surface area contributed by atoms with Crippen LogP contribution in [0.5, 0.6) is 0 Å². The van der Waals surface area contributed by atoms with E-state index in [1.807, 2.05) is 6.08 Å². The predicted octanol–water partition coefficient (Wildman–Crippen LogP) is 12.1. The van der Waals surface area contributed by atoms with Crippen LogP contribution in [0.2, 0.25) is 0 Å². The first-order chi connectivity index (χ1) is 31.4. The first-order valence-electron chi connectivity index (χ1n) is 25.0. The monoisotopic (exact) mass is 895 g/mol.